The zero-order valence-electron chi connectivity index (χ0n) is 17.8. The van der Waals surface area contributed by atoms with Gasteiger partial charge in [-0.1, -0.05) is 12.1 Å². The van der Waals surface area contributed by atoms with Crippen LogP contribution in [0.5, 0.6) is 0 Å². The van der Waals surface area contributed by atoms with E-state index < -0.39 is 9.84 Å². The second kappa shape index (κ2) is 12.8. The first-order chi connectivity index (χ1) is 14.4. The summed E-state index contributed by atoms with van der Waals surface area (Å²) in [4.78, 5) is 8.39. The molecule has 2 N–H and O–H groups in total. The molecule has 7 nitrogen and oxygen atoms in total. The number of nitrogens with zero attached hydrogens (tertiary/aromatic N) is 1. The van der Waals surface area contributed by atoms with Gasteiger partial charge >= 0.3 is 0 Å². The minimum atomic E-state index is -3.34. The van der Waals surface area contributed by atoms with Gasteiger partial charge in [0.15, 0.2) is 9.84 Å². The van der Waals surface area contributed by atoms with E-state index in [1.165, 1.54) is 0 Å². The van der Waals surface area contributed by atoms with Gasteiger partial charge in [-0.3, -0.25) is 0 Å². The number of nitrogens with one attached hydrogen (secondary N) is 2. The summed E-state index contributed by atoms with van der Waals surface area (Å²) in [5, 5.41) is 6.38. The maximum atomic E-state index is 12.6. The van der Waals surface area contributed by atoms with Crippen LogP contribution in [0.4, 0.5) is 11.4 Å². The van der Waals surface area contributed by atoms with Crippen molar-refractivity contribution in [3.05, 3.63) is 48.5 Å². The minimum Gasteiger partial charge on any atom is -0.385 e. The Kier molecular flexibility index (Phi) is 10.5. The van der Waals surface area contributed by atoms with E-state index in [1.54, 1.807) is 18.2 Å². The number of benzene rings is 2. The zero-order chi connectivity index (χ0) is 21.8. The fourth-order valence-corrected chi connectivity index (χ4v) is 4.55. The van der Waals surface area contributed by atoms with E-state index in [0.29, 0.717) is 24.6 Å². The molecule has 30 heavy (non-hydrogen) atoms. The van der Waals surface area contributed by atoms with Gasteiger partial charge in [0.2, 0.25) is 0 Å². The van der Waals surface area contributed by atoms with Gasteiger partial charge in [0.1, 0.15) is 0 Å². The maximum absolute atomic E-state index is 12.6. The van der Waals surface area contributed by atoms with E-state index in [4.69, 9.17) is 9.22 Å². The van der Waals surface area contributed by atoms with Crippen molar-refractivity contribution in [2.24, 2.45) is 0 Å². The summed E-state index contributed by atoms with van der Waals surface area (Å²) < 4.78 is 30.4. The third-order valence-electron chi connectivity index (χ3n) is 4.27. The van der Waals surface area contributed by atoms with E-state index in [1.807, 2.05) is 56.1 Å². The Morgan fingerprint density at radius 3 is 2.33 bits per heavy atom. The molecule has 0 saturated heterocycles. The highest BCUT2D eigenvalue weighted by Gasteiger charge is 2.16. The van der Waals surface area contributed by atoms with Crippen LogP contribution in [-0.2, 0) is 19.1 Å². The van der Waals surface area contributed by atoms with Gasteiger partial charge in [-0.25, -0.2) is 13.3 Å². The molecule has 2 aromatic carbocycles. The highest BCUT2D eigenvalue weighted by Crippen LogP contribution is 2.22. The number of hydrogen-bond donors (Lipinski definition) is 2. The lowest BCUT2D eigenvalue weighted by Crippen LogP contribution is -2.28. The lowest BCUT2D eigenvalue weighted by atomic mass is 10.3. The predicted octanol–water partition coefficient (Wildman–Crippen LogP) is 3.91. The average molecular weight is 454 g/mol. The number of anilines is 2. The Balaban J connectivity index is 1.69. The molecule has 166 valence electrons. The van der Waals surface area contributed by atoms with Crippen LogP contribution in [0.3, 0.4) is 0 Å². The first-order valence-electron chi connectivity index (χ1n) is 10.00. The standard InChI is InChI=1S/C21H31N3O4S2/c1-4-22-18-8-6-10-20(16-18)29-28-27-14-12-24(3)13-15-30(25,26)21-11-7-9-19(17-21)23-5-2/h6-11,16-17,22-23H,4-5,12-15H2,1-3H3. The second-order valence-corrected chi connectivity index (χ2v) is 9.60. The molecular formula is C21H31N3O4S2. The van der Waals surface area contributed by atoms with Crippen molar-refractivity contribution in [1.29, 1.82) is 0 Å². The van der Waals surface area contributed by atoms with Crippen LogP contribution in [0, 0.1) is 0 Å². The van der Waals surface area contributed by atoms with Crippen molar-refractivity contribution in [3.8, 4) is 0 Å². The summed E-state index contributed by atoms with van der Waals surface area (Å²) in [6.07, 6.45) is 0. The molecule has 0 spiro atoms. The Labute approximate surface area is 184 Å². The Bertz CT molecular complexity index is 878. The summed E-state index contributed by atoms with van der Waals surface area (Å²) in [5.74, 6) is 0.0475. The molecule has 2 aromatic rings. The van der Waals surface area contributed by atoms with Gasteiger partial charge in [0, 0.05) is 42.4 Å². The number of likely N-dealkylation sites (N-methyl/N-ethyl adjacent to an activating group) is 1. The van der Waals surface area contributed by atoms with Gasteiger partial charge in [0.25, 0.3) is 0 Å². The van der Waals surface area contributed by atoms with Crippen LogP contribution in [0.25, 0.3) is 0 Å². The molecule has 0 unspecified atom stereocenters. The summed E-state index contributed by atoms with van der Waals surface area (Å²) in [6.45, 7) is 6.93. The number of rotatable bonds is 14. The fourth-order valence-electron chi connectivity index (χ4n) is 2.66. The van der Waals surface area contributed by atoms with Gasteiger partial charge in [-0.2, -0.15) is 4.33 Å². The zero-order valence-corrected chi connectivity index (χ0v) is 19.4. The Hall–Kier alpha value is -1.78. The van der Waals surface area contributed by atoms with E-state index in [9.17, 15) is 8.42 Å². The molecule has 0 fully saturated rings. The Morgan fingerprint density at radius 1 is 0.967 bits per heavy atom. The van der Waals surface area contributed by atoms with Crippen molar-refractivity contribution in [2.75, 3.05) is 56.2 Å². The molecule has 0 bridgehead atoms. The smallest absolute Gasteiger partial charge is 0.179 e. The molecule has 0 saturated carbocycles. The van der Waals surface area contributed by atoms with Crippen molar-refractivity contribution < 1.29 is 17.6 Å². The molecule has 2 rings (SSSR count). The highest BCUT2D eigenvalue weighted by atomic mass is 32.2. The quantitative estimate of drug-likeness (QED) is 0.193. The topological polar surface area (TPSA) is 79.9 Å². The van der Waals surface area contributed by atoms with Gasteiger partial charge in [0.05, 0.1) is 29.3 Å². The normalized spacial score (nSPS) is 11.6. The molecule has 0 aliphatic heterocycles. The Morgan fingerprint density at radius 2 is 1.63 bits per heavy atom. The van der Waals surface area contributed by atoms with E-state index in [0.717, 1.165) is 41.4 Å². The maximum Gasteiger partial charge on any atom is 0.179 e. The predicted molar refractivity (Wildman–Crippen MR) is 124 cm³/mol. The first kappa shape index (κ1) is 24.5. The molecule has 0 radical (unpaired) electrons. The second-order valence-electron chi connectivity index (χ2n) is 6.71. The van der Waals surface area contributed by atoms with Crippen LogP contribution in [-0.4, -0.2) is 58.9 Å². The van der Waals surface area contributed by atoms with Gasteiger partial charge < -0.3 is 15.5 Å². The molecule has 0 aliphatic carbocycles. The van der Waals surface area contributed by atoms with Crippen LogP contribution < -0.4 is 10.6 Å². The molecule has 0 amide bonds. The molecule has 9 heteroatoms. The summed E-state index contributed by atoms with van der Waals surface area (Å²) >= 11 is 1.15. The highest BCUT2D eigenvalue weighted by molar-refractivity contribution is 7.94. The average Bonchev–Trinajstić information content (AvgIpc) is 2.73. The largest absolute Gasteiger partial charge is 0.385 e. The third kappa shape index (κ3) is 8.53. The lowest BCUT2D eigenvalue weighted by Gasteiger charge is -2.16. The molecular weight excluding hydrogens is 422 g/mol. The van der Waals surface area contributed by atoms with Crippen LogP contribution >= 0.6 is 12.0 Å². The van der Waals surface area contributed by atoms with Gasteiger partial charge in [-0.05, 0) is 57.3 Å². The SMILES string of the molecule is CCNc1cccc(SOOCCN(C)CCS(=O)(=O)c2cccc(NCC)c2)c1. The number of sulfone groups is 1. The summed E-state index contributed by atoms with van der Waals surface area (Å²) in [5.41, 5.74) is 1.84. The van der Waals surface area contributed by atoms with Crippen LogP contribution in [0.1, 0.15) is 13.8 Å². The van der Waals surface area contributed by atoms with Crippen molar-refractivity contribution in [2.45, 2.75) is 23.6 Å². The lowest BCUT2D eigenvalue weighted by molar-refractivity contribution is -0.192. The molecule has 0 aliphatic rings. The van der Waals surface area contributed by atoms with Crippen molar-refractivity contribution in [3.63, 3.8) is 0 Å². The van der Waals surface area contributed by atoms with E-state index in [-0.39, 0.29) is 5.75 Å². The fraction of sp³-hybridized carbons (Fsp3) is 0.429. The van der Waals surface area contributed by atoms with Gasteiger partial charge in [-0.15, -0.1) is 0 Å². The minimum absolute atomic E-state index is 0.0475. The first-order valence-corrected chi connectivity index (χ1v) is 12.4. The van der Waals surface area contributed by atoms with E-state index in [2.05, 4.69) is 10.6 Å². The summed E-state index contributed by atoms with van der Waals surface area (Å²) in [6, 6.07) is 14.8. The van der Waals surface area contributed by atoms with E-state index >= 15 is 0 Å². The third-order valence-corrected chi connectivity index (χ3v) is 6.57. The summed E-state index contributed by atoms with van der Waals surface area (Å²) in [7, 11) is -1.48. The monoisotopic (exact) mass is 453 g/mol. The molecule has 0 aromatic heterocycles. The van der Waals surface area contributed by atoms with Crippen molar-refractivity contribution >= 4 is 33.3 Å². The van der Waals surface area contributed by atoms with Crippen LogP contribution in [0.2, 0.25) is 0 Å². The number of hydrogen-bond acceptors (Lipinski definition) is 8. The molecule has 0 atom stereocenters. The molecule has 0 heterocycles. The van der Waals surface area contributed by atoms with Crippen LogP contribution in [0.15, 0.2) is 58.3 Å². The van der Waals surface area contributed by atoms with Crippen molar-refractivity contribution in [1.82, 2.24) is 4.90 Å².